The Bertz CT molecular complexity index is 297. The van der Waals surface area contributed by atoms with Crippen LogP contribution in [0.1, 0.15) is 19.3 Å². The topological polar surface area (TPSA) is 38.0 Å². The van der Waals surface area contributed by atoms with Crippen LogP contribution in [0.5, 0.6) is 0 Å². The summed E-state index contributed by atoms with van der Waals surface area (Å²) >= 11 is 0. The van der Waals surface area contributed by atoms with Gasteiger partial charge in [-0.3, -0.25) is 0 Å². The van der Waals surface area contributed by atoms with Crippen molar-refractivity contribution in [3.8, 4) is 0 Å². The smallest absolute Gasteiger partial charge is 0.123 e. The zero-order valence-corrected chi connectivity index (χ0v) is 8.04. The molecule has 0 radical (unpaired) electrons. The molecule has 3 N–H and O–H groups in total. The first-order valence-electron chi connectivity index (χ1n) is 5.02. The van der Waals surface area contributed by atoms with Crippen LogP contribution in [-0.4, -0.2) is 12.1 Å². The van der Waals surface area contributed by atoms with E-state index in [1.807, 2.05) is 0 Å². The van der Waals surface area contributed by atoms with Crippen LogP contribution in [0, 0.1) is 5.82 Å². The highest BCUT2D eigenvalue weighted by atomic mass is 19.1. The maximum atomic E-state index is 12.6. The van der Waals surface area contributed by atoms with Crippen LogP contribution in [0.25, 0.3) is 0 Å². The number of anilines is 1. The van der Waals surface area contributed by atoms with Crippen LogP contribution < -0.4 is 11.1 Å². The second-order valence-electron chi connectivity index (χ2n) is 3.92. The first-order valence-corrected chi connectivity index (χ1v) is 5.02. The Morgan fingerprint density at radius 3 is 2.50 bits per heavy atom. The monoisotopic (exact) mass is 194 g/mol. The predicted molar refractivity (Wildman–Crippen MR) is 55.6 cm³/mol. The van der Waals surface area contributed by atoms with Crippen LogP contribution >= 0.6 is 0 Å². The molecule has 0 bridgehead atoms. The molecule has 0 heterocycles. The van der Waals surface area contributed by atoms with E-state index in [2.05, 4.69) is 5.32 Å². The lowest BCUT2D eigenvalue weighted by atomic mass is 10.2. The van der Waals surface area contributed by atoms with E-state index in [9.17, 15) is 4.39 Å². The van der Waals surface area contributed by atoms with Crippen molar-refractivity contribution in [2.75, 3.05) is 5.32 Å². The molecule has 1 aromatic rings. The van der Waals surface area contributed by atoms with Gasteiger partial charge in [-0.05, 0) is 43.5 Å². The van der Waals surface area contributed by atoms with Gasteiger partial charge in [0.1, 0.15) is 5.82 Å². The second-order valence-corrected chi connectivity index (χ2v) is 3.92. The molecule has 1 aliphatic carbocycles. The minimum Gasteiger partial charge on any atom is -0.382 e. The van der Waals surface area contributed by atoms with Gasteiger partial charge >= 0.3 is 0 Å². The van der Waals surface area contributed by atoms with E-state index in [1.165, 1.54) is 12.1 Å². The van der Waals surface area contributed by atoms with E-state index in [1.54, 1.807) is 12.1 Å². The lowest BCUT2D eigenvalue weighted by Crippen LogP contribution is -2.20. The number of rotatable bonds is 2. The number of nitrogens with one attached hydrogen (secondary N) is 1. The van der Waals surface area contributed by atoms with Crippen molar-refractivity contribution in [2.24, 2.45) is 5.73 Å². The van der Waals surface area contributed by atoms with Gasteiger partial charge in [0.25, 0.3) is 0 Å². The maximum absolute atomic E-state index is 12.6. The van der Waals surface area contributed by atoms with Crippen molar-refractivity contribution in [3.63, 3.8) is 0 Å². The number of nitrogens with two attached hydrogens (primary N) is 1. The molecule has 0 aliphatic heterocycles. The summed E-state index contributed by atoms with van der Waals surface area (Å²) in [6, 6.07) is 7.25. The largest absolute Gasteiger partial charge is 0.382 e. The van der Waals surface area contributed by atoms with Crippen LogP contribution in [0.4, 0.5) is 10.1 Å². The fraction of sp³-hybridized carbons (Fsp3) is 0.455. The van der Waals surface area contributed by atoms with Crippen LogP contribution in [0.3, 0.4) is 0 Å². The summed E-state index contributed by atoms with van der Waals surface area (Å²) in [6.45, 7) is 0. The Kier molecular flexibility index (Phi) is 2.68. The van der Waals surface area contributed by atoms with Gasteiger partial charge in [0.05, 0.1) is 0 Å². The van der Waals surface area contributed by atoms with Gasteiger partial charge in [0, 0.05) is 17.8 Å². The molecule has 0 aromatic heterocycles. The van der Waals surface area contributed by atoms with E-state index in [-0.39, 0.29) is 5.82 Å². The van der Waals surface area contributed by atoms with Gasteiger partial charge in [0.2, 0.25) is 0 Å². The summed E-state index contributed by atoms with van der Waals surface area (Å²) in [5, 5.41) is 3.35. The van der Waals surface area contributed by atoms with Crippen molar-refractivity contribution in [3.05, 3.63) is 30.1 Å². The third-order valence-electron chi connectivity index (χ3n) is 2.69. The highest BCUT2D eigenvalue weighted by molar-refractivity contribution is 5.43. The molecule has 2 rings (SSSR count). The second kappa shape index (κ2) is 3.96. The van der Waals surface area contributed by atoms with Crippen molar-refractivity contribution in [1.29, 1.82) is 0 Å². The summed E-state index contributed by atoms with van der Waals surface area (Å²) in [4.78, 5) is 0. The van der Waals surface area contributed by atoms with Crippen molar-refractivity contribution < 1.29 is 4.39 Å². The fourth-order valence-electron chi connectivity index (χ4n) is 1.93. The van der Waals surface area contributed by atoms with Crippen molar-refractivity contribution >= 4 is 5.69 Å². The van der Waals surface area contributed by atoms with E-state index < -0.39 is 0 Å². The first kappa shape index (κ1) is 9.46. The van der Waals surface area contributed by atoms with Crippen LogP contribution in [0.15, 0.2) is 24.3 Å². The van der Waals surface area contributed by atoms with Gasteiger partial charge < -0.3 is 11.1 Å². The Morgan fingerprint density at radius 2 is 1.93 bits per heavy atom. The number of hydrogen-bond acceptors (Lipinski definition) is 2. The van der Waals surface area contributed by atoms with Crippen LogP contribution in [0.2, 0.25) is 0 Å². The molecule has 0 spiro atoms. The highest BCUT2D eigenvalue weighted by Crippen LogP contribution is 2.21. The molecular formula is C11H15FN2. The molecule has 1 saturated carbocycles. The van der Waals surface area contributed by atoms with E-state index in [0.717, 1.165) is 24.9 Å². The first-order chi connectivity index (χ1) is 6.74. The molecular weight excluding hydrogens is 179 g/mol. The average Bonchev–Trinajstić information content (AvgIpc) is 2.56. The standard InChI is InChI=1S/C11H15FN2/c12-8-1-4-10(5-2-8)14-11-6-3-9(13)7-11/h1-2,4-5,9,11,14H,3,6-7,13H2. The Balaban J connectivity index is 1.94. The minimum absolute atomic E-state index is 0.196. The molecule has 0 amide bonds. The highest BCUT2D eigenvalue weighted by Gasteiger charge is 2.21. The Hall–Kier alpha value is -1.09. The van der Waals surface area contributed by atoms with Gasteiger partial charge in [-0.2, -0.15) is 0 Å². The number of halogens is 1. The molecule has 2 atom stereocenters. The normalized spacial score (nSPS) is 26.4. The Morgan fingerprint density at radius 1 is 1.21 bits per heavy atom. The molecule has 3 heteroatoms. The van der Waals surface area contributed by atoms with Gasteiger partial charge in [0.15, 0.2) is 0 Å². The summed E-state index contributed by atoms with van der Waals surface area (Å²) < 4.78 is 12.6. The van der Waals surface area contributed by atoms with Crippen LogP contribution in [-0.2, 0) is 0 Å². The van der Waals surface area contributed by atoms with E-state index in [0.29, 0.717) is 12.1 Å². The van der Waals surface area contributed by atoms with E-state index >= 15 is 0 Å². The third kappa shape index (κ3) is 2.23. The van der Waals surface area contributed by atoms with Gasteiger partial charge in [-0.25, -0.2) is 4.39 Å². The maximum Gasteiger partial charge on any atom is 0.123 e. The SMILES string of the molecule is NC1CCC(Nc2ccc(F)cc2)C1. The molecule has 2 nitrogen and oxygen atoms in total. The lowest BCUT2D eigenvalue weighted by Gasteiger charge is -2.13. The van der Waals surface area contributed by atoms with Crippen molar-refractivity contribution in [2.45, 2.75) is 31.3 Å². The minimum atomic E-state index is -0.196. The fourth-order valence-corrected chi connectivity index (χ4v) is 1.93. The van der Waals surface area contributed by atoms with E-state index in [4.69, 9.17) is 5.73 Å². The zero-order valence-electron chi connectivity index (χ0n) is 8.04. The quantitative estimate of drug-likeness (QED) is 0.756. The van der Waals surface area contributed by atoms with Gasteiger partial charge in [-0.15, -0.1) is 0 Å². The third-order valence-corrected chi connectivity index (χ3v) is 2.69. The summed E-state index contributed by atoms with van der Waals surface area (Å²) in [5.74, 6) is -0.196. The molecule has 76 valence electrons. The summed E-state index contributed by atoms with van der Waals surface area (Å²) in [5.41, 5.74) is 6.78. The number of hydrogen-bond donors (Lipinski definition) is 2. The summed E-state index contributed by atoms with van der Waals surface area (Å²) in [6.07, 6.45) is 3.20. The average molecular weight is 194 g/mol. The molecule has 1 aromatic carbocycles. The zero-order chi connectivity index (χ0) is 9.97. The number of benzene rings is 1. The predicted octanol–water partition coefficient (Wildman–Crippen LogP) is 2.12. The lowest BCUT2D eigenvalue weighted by molar-refractivity contribution is 0.627. The van der Waals surface area contributed by atoms with Gasteiger partial charge in [-0.1, -0.05) is 0 Å². The summed E-state index contributed by atoms with van der Waals surface area (Å²) in [7, 11) is 0. The molecule has 1 aliphatic rings. The molecule has 1 fully saturated rings. The molecule has 14 heavy (non-hydrogen) atoms. The Labute approximate surface area is 83.3 Å². The molecule has 2 unspecified atom stereocenters. The van der Waals surface area contributed by atoms with Crippen molar-refractivity contribution in [1.82, 2.24) is 0 Å². The molecule has 0 saturated heterocycles.